The lowest BCUT2D eigenvalue weighted by atomic mass is 10.2. The van der Waals surface area contributed by atoms with Crippen molar-refractivity contribution in [3.8, 4) is 0 Å². The summed E-state index contributed by atoms with van der Waals surface area (Å²) >= 11 is 1.52. The van der Waals surface area contributed by atoms with Gasteiger partial charge in [0.15, 0.2) is 4.96 Å². The van der Waals surface area contributed by atoms with Gasteiger partial charge < -0.3 is 10.1 Å². The minimum absolute atomic E-state index is 0.307. The van der Waals surface area contributed by atoms with E-state index in [1.165, 1.54) is 24.5 Å². The van der Waals surface area contributed by atoms with E-state index in [-0.39, 0.29) is 5.91 Å². The highest BCUT2D eigenvalue weighted by Gasteiger charge is 2.12. The molecule has 0 bridgehead atoms. The molecule has 23 heavy (non-hydrogen) atoms. The average molecular weight is 327 g/mol. The largest absolute Gasteiger partial charge is 0.465 e. The fraction of sp³-hybridized carbons (Fsp3) is 0.0625. The third-order valence-corrected chi connectivity index (χ3v) is 3.94. The second-order valence-electron chi connectivity index (χ2n) is 4.60. The van der Waals surface area contributed by atoms with Gasteiger partial charge in [0.1, 0.15) is 0 Å². The Kier molecular flexibility index (Phi) is 4.20. The molecule has 0 spiro atoms. The van der Waals surface area contributed by atoms with E-state index in [4.69, 9.17) is 4.74 Å². The number of fused-ring (bicyclic) bond motifs is 1. The van der Waals surface area contributed by atoms with Gasteiger partial charge in [0.2, 0.25) is 5.91 Å². The number of para-hydroxylation sites is 1. The summed E-state index contributed by atoms with van der Waals surface area (Å²) < 4.78 is 6.58. The summed E-state index contributed by atoms with van der Waals surface area (Å²) in [6, 6.07) is 6.68. The first-order chi connectivity index (χ1) is 11.2. The lowest BCUT2D eigenvalue weighted by Gasteiger charge is -2.07. The van der Waals surface area contributed by atoms with Crippen molar-refractivity contribution in [3.63, 3.8) is 0 Å². The first-order valence-corrected chi connectivity index (χ1v) is 7.64. The number of amides is 1. The van der Waals surface area contributed by atoms with Gasteiger partial charge in [0, 0.05) is 17.7 Å². The predicted octanol–water partition coefficient (Wildman–Crippen LogP) is 2.83. The van der Waals surface area contributed by atoms with Crippen molar-refractivity contribution in [1.82, 2.24) is 9.38 Å². The van der Waals surface area contributed by atoms with Crippen LogP contribution in [0.1, 0.15) is 16.1 Å². The Bertz CT molecular complexity index is 895. The molecule has 7 heteroatoms. The summed E-state index contributed by atoms with van der Waals surface area (Å²) in [5.41, 5.74) is 1.52. The van der Waals surface area contributed by atoms with E-state index in [0.29, 0.717) is 11.3 Å². The smallest absolute Gasteiger partial charge is 0.339 e. The molecular weight excluding hydrogens is 314 g/mol. The first kappa shape index (κ1) is 15.0. The molecule has 3 rings (SSSR count). The highest BCUT2D eigenvalue weighted by atomic mass is 32.1. The monoisotopic (exact) mass is 327 g/mol. The van der Waals surface area contributed by atoms with Crippen molar-refractivity contribution in [3.05, 3.63) is 59.4 Å². The Hall–Kier alpha value is -2.93. The zero-order chi connectivity index (χ0) is 16.2. The summed E-state index contributed by atoms with van der Waals surface area (Å²) in [6.07, 6.45) is 6.65. The summed E-state index contributed by atoms with van der Waals surface area (Å²) in [5, 5.41) is 4.60. The molecule has 0 saturated heterocycles. The number of ether oxygens (including phenoxy) is 1. The van der Waals surface area contributed by atoms with Crippen LogP contribution in [0.15, 0.2) is 48.1 Å². The maximum absolute atomic E-state index is 12.1. The Morgan fingerprint density at radius 1 is 1.35 bits per heavy atom. The molecule has 6 nitrogen and oxygen atoms in total. The van der Waals surface area contributed by atoms with Gasteiger partial charge in [-0.15, -0.1) is 11.3 Å². The standard InChI is InChI=1S/C16H13N3O3S/c1-22-15(21)12-4-2-3-5-13(12)18-14(20)7-6-11-10-17-16-19(11)8-9-23-16/h2-10H,1H3,(H,18,20)/b7-6+. The van der Waals surface area contributed by atoms with Crippen LogP contribution in [0, 0.1) is 0 Å². The van der Waals surface area contributed by atoms with Gasteiger partial charge in [-0.25, -0.2) is 9.78 Å². The molecule has 1 aromatic carbocycles. The van der Waals surface area contributed by atoms with Crippen LogP contribution >= 0.6 is 11.3 Å². The number of nitrogens with one attached hydrogen (secondary N) is 1. The fourth-order valence-electron chi connectivity index (χ4n) is 2.08. The van der Waals surface area contributed by atoms with E-state index in [2.05, 4.69) is 10.3 Å². The molecule has 0 radical (unpaired) electrons. The van der Waals surface area contributed by atoms with Crippen LogP contribution in [0.3, 0.4) is 0 Å². The van der Waals surface area contributed by atoms with Crippen molar-refractivity contribution >= 4 is 39.9 Å². The number of carbonyl (C=O) groups is 2. The average Bonchev–Trinajstić information content (AvgIpc) is 3.16. The normalized spacial score (nSPS) is 11.0. The van der Waals surface area contributed by atoms with E-state index in [1.807, 2.05) is 16.0 Å². The number of methoxy groups -OCH3 is 1. The van der Waals surface area contributed by atoms with Crippen molar-refractivity contribution in [2.45, 2.75) is 0 Å². The van der Waals surface area contributed by atoms with Crippen LogP contribution in [0.25, 0.3) is 11.0 Å². The quantitative estimate of drug-likeness (QED) is 0.591. The van der Waals surface area contributed by atoms with Crippen LogP contribution in [-0.2, 0) is 9.53 Å². The van der Waals surface area contributed by atoms with Crippen molar-refractivity contribution in [1.29, 1.82) is 0 Å². The molecule has 2 aromatic heterocycles. The molecule has 0 unspecified atom stereocenters. The minimum Gasteiger partial charge on any atom is -0.465 e. The first-order valence-electron chi connectivity index (χ1n) is 6.76. The molecule has 0 saturated carbocycles. The molecule has 0 fully saturated rings. The maximum Gasteiger partial charge on any atom is 0.339 e. The van der Waals surface area contributed by atoms with E-state index in [0.717, 1.165) is 10.7 Å². The third kappa shape index (κ3) is 3.14. The molecule has 1 N–H and O–H groups in total. The van der Waals surface area contributed by atoms with E-state index in [9.17, 15) is 9.59 Å². The molecule has 0 atom stereocenters. The Labute approximate surface area is 136 Å². The summed E-state index contributed by atoms with van der Waals surface area (Å²) in [6.45, 7) is 0. The van der Waals surface area contributed by atoms with Crippen molar-refractivity contribution in [2.75, 3.05) is 12.4 Å². The number of hydrogen-bond donors (Lipinski definition) is 1. The number of benzene rings is 1. The van der Waals surface area contributed by atoms with Crippen LogP contribution in [0.5, 0.6) is 0 Å². The van der Waals surface area contributed by atoms with Gasteiger partial charge in [-0.1, -0.05) is 12.1 Å². The molecule has 116 valence electrons. The molecule has 1 amide bonds. The summed E-state index contributed by atoms with van der Waals surface area (Å²) in [4.78, 5) is 28.8. The number of hydrogen-bond acceptors (Lipinski definition) is 5. The minimum atomic E-state index is -0.499. The number of aromatic nitrogens is 2. The number of nitrogens with zero attached hydrogens (tertiary/aromatic N) is 2. The van der Waals surface area contributed by atoms with Crippen molar-refractivity contribution < 1.29 is 14.3 Å². The number of imidazole rings is 1. The van der Waals surface area contributed by atoms with Gasteiger partial charge in [-0.2, -0.15) is 0 Å². The molecule has 2 heterocycles. The lowest BCUT2D eigenvalue weighted by Crippen LogP contribution is -2.12. The van der Waals surface area contributed by atoms with Crippen LogP contribution in [0.4, 0.5) is 5.69 Å². The third-order valence-electron chi connectivity index (χ3n) is 3.17. The highest BCUT2D eigenvalue weighted by Crippen LogP contribution is 2.17. The molecule has 3 aromatic rings. The second kappa shape index (κ2) is 6.45. The maximum atomic E-state index is 12.1. The van der Waals surface area contributed by atoms with Crippen molar-refractivity contribution in [2.24, 2.45) is 0 Å². The predicted molar refractivity (Wildman–Crippen MR) is 88.5 cm³/mol. The van der Waals surface area contributed by atoms with Gasteiger partial charge in [-0.3, -0.25) is 9.20 Å². The van der Waals surface area contributed by atoms with Crippen LogP contribution in [0.2, 0.25) is 0 Å². The number of esters is 1. The van der Waals surface area contributed by atoms with E-state index in [1.54, 1.807) is 36.5 Å². The summed E-state index contributed by atoms with van der Waals surface area (Å²) in [5.74, 6) is -0.841. The molecule has 0 aliphatic carbocycles. The van der Waals surface area contributed by atoms with Gasteiger partial charge in [0.25, 0.3) is 0 Å². The molecule has 0 aliphatic rings. The molecule has 0 aliphatic heterocycles. The number of anilines is 1. The Morgan fingerprint density at radius 3 is 3.00 bits per heavy atom. The van der Waals surface area contributed by atoms with Crippen LogP contribution < -0.4 is 5.32 Å². The van der Waals surface area contributed by atoms with Gasteiger partial charge in [0.05, 0.1) is 30.3 Å². The zero-order valence-electron chi connectivity index (χ0n) is 12.2. The zero-order valence-corrected chi connectivity index (χ0v) is 13.0. The summed E-state index contributed by atoms with van der Waals surface area (Å²) in [7, 11) is 1.30. The van der Waals surface area contributed by atoms with Gasteiger partial charge >= 0.3 is 5.97 Å². The number of carbonyl (C=O) groups excluding carboxylic acids is 2. The SMILES string of the molecule is COC(=O)c1ccccc1NC(=O)/C=C/c1cnc2sccn12. The number of thiazole rings is 1. The topological polar surface area (TPSA) is 72.7 Å². The van der Waals surface area contributed by atoms with E-state index < -0.39 is 5.97 Å². The highest BCUT2D eigenvalue weighted by molar-refractivity contribution is 7.15. The Morgan fingerprint density at radius 2 is 2.17 bits per heavy atom. The number of rotatable bonds is 4. The molecular formula is C16H13N3O3S. The lowest BCUT2D eigenvalue weighted by molar-refractivity contribution is -0.111. The van der Waals surface area contributed by atoms with E-state index >= 15 is 0 Å². The fourth-order valence-corrected chi connectivity index (χ4v) is 2.78. The van der Waals surface area contributed by atoms with Crippen LogP contribution in [-0.4, -0.2) is 28.4 Å². The Balaban J connectivity index is 1.76. The second-order valence-corrected chi connectivity index (χ2v) is 5.47. The van der Waals surface area contributed by atoms with Gasteiger partial charge in [-0.05, 0) is 18.2 Å².